The molecule has 3 rings (SSSR count). The van der Waals surface area contributed by atoms with Crippen molar-refractivity contribution < 1.29 is 4.74 Å². The summed E-state index contributed by atoms with van der Waals surface area (Å²) in [5, 5.41) is 3.71. The van der Waals surface area contributed by atoms with Crippen LogP contribution in [-0.4, -0.2) is 19.2 Å². The van der Waals surface area contributed by atoms with Crippen LogP contribution in [0.2, 0.25) is 0 Å². The highest BCUT2D eigenvalue weighted by Crippen LogP contribution is 2.33. The molecule has 1 aliphatic heterocycles. The fourth-order valence-corrected chi connectivity index (χ4v) is 3.10. The second kappa shape index (κ2) is 4.69. The Bertz CT molecular complexity index is 390. The lowest BCUT2D eigenvalue weighted by Gasteiger charge is -2.15. The van der Waals surface area contributed by atoms with Crippen LogP contribution >= 0.6 is 0 Å². The van der Waals surface area contributed by atoms with Gasteiger partial charge in [-0.15, -0.1) is 0 Å². The van der Waals surface area contributed by atoms with Crippen LogP contribution in [0.25, 0.3) is 0 Å². The van der Waals surface area contributed by atoms with Gasteiger partial charge in [0.15, 0.2) is 0 Å². The first-order valence-electron chi connectivity index (χ1n) is 6.78. The van der Waals surface area contributed by atoms with Crippen molar-refractivity contribution in [3.8, 4) is 5.75 Å². The summed E-state index contributed by atoms with van der Waals surface area (Å²) in [6.45, 7) is 4.26. The Kier molecular flexibility index (Phi) is 3.06. The third-order valence-corrected chi connectivity index (χ3v) is 4.15. The number of hydrogen-bond donors (Lipinski definition) is 1. The molecule has 2 heteroatoms. The monoisotopic (exact) mass is 231 g/mol. The van der Waals surface area contributed by atoms with Gasteiger partial charge < -0.3 is 10.1 Å². The Hall–Kier alpha value is -1.02. The van der Waals surface area contributed by atoms with Crippen LogP contribution in [0, 0.1) is 5.92 Å². The SMILES string of the molecule is CC1CCC(NCC2COc3ccccc32)C1. The number of hydrogen-bond acceptors (Lipinski definition) is 2. The lowest BCUT2D eigenvalue weighted by Crippen LogP contribution is -2.31. The first-order chi connectivity index (χ1) is 8.33. The number of para-hydroxylation sites is 1. The molecular weight excluding hydrogens is 210 g/mol. The molecule has 1 heterocycles. The molecule has 2 aliphatic rings. The van der Waals surface area contributed by atoms with Crippen molar-refractivity contribution in [1.82, 2.24) is 5.32 Å². The first kappa shape index (κ1) is 11.1. The molecule has 3 atom stereocenters. The van der Waals surface area contributed by atoms with Gasteiger partial charge in [0.2, 0.25) is 0 Å². The van der Waals surface area contributed by atoms with E-state index in [1.807, 2.05) is 6.07 Å². The van der Waals surface area contributed by atoms with Crippen LogP contribution in [0.15, 0.2) is 24.3 Å². The molecule has 1 aliphatic carbocycles. The molecule has 0 amide bonds. The van der Waals surface area contributed by atoms with E-state index in [-0.39, 0.29) is 0 Å². The predicted molar refractivity (Wildman–Crippen MR) is 69.5 cm³/mol. The summed E-state index contributed by atoms with van der Waals surface area (Å²) in [6, 6.07) is 9.17. The summed E-state index contributed by atoms with van der Waals surface area (Å²) in [6.07, 6.45) is 4.07. The van der Waals surface area contributed by atoms with E-state index in [9.17, 15) is 0 Å². The van der Waals surface area contributed by atoms with E-state index in [0.717, 1.165) is 30.9 Å². The number of benzene rings is 1. The summed E-state index contributed by atoms with van der Waals surface area (Å²) in [4.78, 5) is 0. The molecule has 0 saturated heterocycles. The molecule has 92 valence electrons. The topological polar surface area (TPSA) is 21.3 Å². The van der Waals surface area contributed by atoms with E-state index in [1.165, 1.54) is 24.8 Å². The number of rotatable bonds is 3. The van der Waals surface area contributed by atoms with Crippen molar-refractivity contribution in [2.75, 3.05) is 13.2 Å². The minimum atomic E-state index is 0.544. The van der Waals surface area contributed by atoms with Gasteiger partial charge in [0.1, 0.15) is 5.75 Å². The van der Waals surface area contributed by atoms with Crippen molar-refractivity contribution in [3.63, 3.8) is 0 Å². The van der Waals surface area contributed by atoms with Gasteiger partial charge in [0.25, 0.3) is 0 Å². The van der Waals surface area contributed by atoms with Gasteiger partial charge in [-0.25, -0.2) is 0 Å². The largest absolute Gasteiger partial charge is 0.493 e. The Balaban J connectivity index is 1.57. The number of nitrogens with one attached hydrogen (secondary N) is 1. The van der Waals surface area contributed by atoms with Crippen LogP contribution < -0.4 is 10.1 Å². The average Bonchev–Trinajstić information content (AvgIpc) is 2.93. The third-order valence-electron chi connectivity index (χ3n) is 4.15. The Morgan fingerprint density at radius 2 is 2.18 bits per heavy atom. The maximum absolute atomic E-state index is 5.71. The zero-order valence-electron chi connectivity index (χ0n) is 10.5. The quantitative estimate of drug-likeness (QED) is 0.863. The molecular formula is C15H21NO. The zero-order chi connectivity index (χ0) is 11.7. The molecule has 0 aromatic heterocycles. The minimum absolute atomic E-state index is 0.544. The molecule has 0 radical (unpaired) electrons. The smallest absolute Gasteiger partial charge is 0.122 e. The highest BCUT2D eigenvalue weighted by molar-refractivity contribution is 5.39. The van der Waals surface area contributed by atoms with Crippen LogP contribution in [0.5, 0.6) is 5.75 Å². The fourth-order valence-electron chi connectivity index (χ4n) is 3.10. The van der Waals surface area contributed by atoms with E-state index in [0.29, 0.717) is 5.92 Å². The molecule has 0 spiro atoms. The maximum atomic E-state index is 5.71. The summed E-state index contributed by atoms with van der Waals surface area (Å²) in [5.74, 6) is 2.53. The van der Waals surface area contributed by atoms with E-state index in [2.05, 4.69) is 30.4 Å². The van der Waals surface area contributed by atoms with Gasteiger partial charge >= 0.3 is 0 Å². The highest BCUT2D eigenvalue weighted by Gasteiger charge is 2.26. The van der Waals surface area contributed by atoms with Crippen molar-refractivity contribution >= 4 is 0 Å². The molecule has 2 nitrogen and oxygen atoms in total. The molecule has 1 saturated carbocycles. The average molecular weight is 231 g/mol. The van der Waals surface area contributed by atoms with Crippen molar-refractivity contribution in [2.24, 2.45) is 5.92 Å². The van der Waals surface area contributed by atoms with E-state index < -0.39 is 0 Å². The lowest BCUT2D eigenvalue weighted by molar-refractivity contribution is 0.321. The van der Waals surface area contributed by atoms with E-state index in [1.54, 1.807) is 0 Å². The van der Waals surface area contributed by atoms with E-state index in [4.69, 9.17) is 4.74 Å². The lowest BCUT2D eigenvalue weighted by atomic mass is 10.0. The summed E-state index contributed by atoms with van der Waals surface area (Å²) in [5.41, 5.74) is 1.38. The molecule has 0 bridgehead atoms. The molecule has 1 aromatic rings. The predicted octanol–water partition coefficient (Wildman–Crippen LogP) is 2.94. The molecule has 3 unspecified atom stereocenters. The van der Waals surface area contributed by atoms with Gasteiger partial charge in [0, 0.05) is 24.1 Å². The third kappa shape index (κ3) is 2.32. The minimum Gasteiger partial charge on any atom is -0.493 e. The molecule has 1 aromatic carbocycles. The molecule has 1 fully saturated rings. The van der Waals surface area contributed by atoms with Crippen LogP contribution in [0.4, 0.5) is 0 Å². The van der Waals surface area contributed by atoms with Gasteiger partial charge in [-0.1, -0.05) is 25.1 Å². The van der Waals surface area contributed by atoms with Crippen LogP contribution in [0.1, 0.15) is 37.7 Å². The Labute approximate surface area is 103 Å². The van der Waals surface area contributed by atoms with Crippen LogP contribution in [-0.2, 0) is 0 Å². The zero-order valence-corrected chi connectivity index (χ0v) is 10.5. The maximum Gasteiger partial charge on any atom is 0.122 e. The van der Waals surface area contributed by atoms with Crippen molar-refractivity contribution in [3.05, 3.63) is 29.8 Å². The second-order valence-corrected chi connectivity index (χ2v) is 5.57. The summed E-state index contributed by atoms with van der Waals surface area (Å²) >= 11 is 0. The number of fused-ring (bicyclic) bond motifs is 1. The highest BCUT2D eigenvalue weighted by atomic mass is 16.5. The summed E-state index contributed by atoms with van der Waals surface area (Å²) < 4.78 is 5.71. The first-order valence-corrected chi connectivity index (χ1v) is 6.78. The standard InChI is InChI=1S/C15H21NO/c1-11-6-7-13(8-11)16-9-12-10-17-15-5-3-2-4-14(12)15/h2-5,11-13,16H,6-10H2,1H3. The second-order valence-electron chi connectivity index (χ2n) is 5.57. The van der Waals surface area contributed by atoms with E-state index >= 15 is 0 Å². The summed E-state index contributed by atoms with van der Waals surface area (Å²) in [7, 11) is 0. The Morgan fingerprint density at radius 3 is 3.00 bits per heavy atom. The van der Waals surface area contributed by atoms with Crippen LogP contribution in [0.3, 0.4) is 0 Å². The molecule has 17 heavy (non-hydrogen) atoms. The van der Waals surface area contributed by atoms with Gasteiger partial charge in [-0.05, 0) is 31.2 Å². The number of ether oxygens (including phenoxy) is 1. The van der Waals surface area contributed by atoms with Gasteiger partial charge in [-0.3, -0.25) is 0 Å². The van der Waals surface area contributed by atoms with Crippen molar-refractivity contribution in [1.29, 1.82) is 0 Å². The van der Waals surface area contributed by atoms with Gasteiger partial charge in [0.05, 0.1) is 6.61 Å². The normalized spacial score (nSPS) is 31.2. The van der Waals surface area contributed by atoms with Gasteiger partial charge in [-0.2, -0.15) is 0 Å². The van der Waals surface area contributed by atoms with Crippen molar-refractivity contribution in [2.45, 2.75) is 38.1 Å². The molecule has 1 N–H and O–H groups in total. The Morgan fingerprint density at radius 1 is 1.29 bits per heavy atom. The fraction of sp³-hybridized carbons (Fsp3) is 0.600.